The van der Waals surface area contributed by atoms with Gasteiger partial charge in [-0.2, -0.15) is 0 Å². The SMILES string of the molecule is CCCC(CC)c1cc(OC)c(OC)c(OC)c1. The van der Waals surface area contributed by atoms with Crippen LogP contribution >= 0.6 is 0 Å². The molecule has 0 aliphatic rings. The molecular formula is C15H24O3. The van der Waals surface area contributed by atoms with Crippen molar-refractivity contribution < 1.29 is 14.2 Å². The third kappa shape index (κ3) is 3.09. The second kappa shape index (κ2) is 7.14. The van der Waals surface area contributed by atoms with E-state index in [9.17, 15) is 0 Å². The lowest BCUT2D eigenvalue weighted by molar-refractivity contribution is 0.323. The van der Waals surface area contributed by atoms with E-state index >= 15 is 0 Å². The Morgan fingerprint density at radius 1 is 0.944 bits per heavy atom. The fourth-order valence-electron chi connectivity index (χ4n) is 2.29. The summed E-state index contributed by atoms with van der Waals surface area (Å²) in [4.78, 5) is 0. The third-order valence-corrected chi connectivity index (χ3v) is 3.29. The highest BCUT2D eigenvalue weighted by atomic mass is 16.5. The van der Waals surface area contributed by atoms with Crippen LogP contribution in [0.5, 0.6) is 17.2 Å². The smallest absolute Gasteiger partial charge is 0.203 e. The second-order valence-electron chi connectivity index (χ2n) is 4.35. The minimum Gasteiger partial charge on any atom is -0.493 e. The molecule has 1 aromatic rings. The van der Waals surface area contributed by atoms with Crippen molar-refractivity contribution >= 4 is 0 Å². The first-order chi connectivity index (χ1) is 8.71. The van der Waals surface area contributed by atoms with Crippen molar-refractivity contribution in [1.29, 1.82) is 0 Å². The highest BCUT2D eigenvalue weighted by Crippen LogP contribution is 2.41. The van der Waals surface area contributed by atoms with E-state index < -0.39 is 0 Å². The van der Waals surface area contributed by atoms with Crippen LogP contribution in [-0.4, -0.2) is 21.3 Å². The Bertz CT molecular complexity index is 349. The molecule has 0 amide bonds. The fourth-order valence-corrected chi connectivity index (χ4v) is 2.29. The molecule has 1 rings (SSSR count). The number of methoxy groups -OCH3 is 3. The van der Waals surface area contributed by atoms with Crippen LogP contribution in [0.4, 0.5) is 0 Å². The van der Waals surface area contributed by atoms with Crippen LogP contribution in [-0.2, 0) is 0 Å². The summed E-state index contributed by atoms with van der Waals surface area (Å²) in [5.74, 6) is 2.68. The standard InChI is InChI=1S/C15H24O3/c1-6-8-11(7-2)12-9-13(16-3)15(18-5)14(10-12)17-4/h9-11H,6-8H2,1-5H3. The summed E-state index contributed by atoms with van der Waals surface area (Å²) in [6.07, 6.45) is 3.47. The number of ether oxygens (including phenoxy) is 3. The predicted molar refractivity (Wildman–Crippen MR) is 74.0 cm³/mol. The maximum Gasteiger partial charge on any atom is 0.203 e. The van der Waals surface area contributed by atoms with E-state index in [1.54, 1.807) is 21.3 Å². The maximum absolute atomic E-state index is 5.39. The van der Waals surface area contributed by atoms with Crippen molar-refractivity contribution in [2.24, 2.45) is 0 Å². The van der Waals surface area contributed by atoms with E-state index in [0.717, 1.165) is 17.9 Å². The zero-order chi connectivity index (χ0) is 13.5. The number of benzene rings is 1. The van der Waals surface area contributed by atoms with Crippen LogP contribution in [0.2, 0.25) is 0 Å². The Balaban J connectivity index is 3.21. The molecule has 18 heavy (non-hydrogen) atoms. The van der Waals surface area contributed by atoms with Gasteiger partial charge in [0, 0.05) is 0 Å². The monoisotopic (exact) mass is 252 g/mol. The molecule has 0 N–H and O–H groups in total. The first-order valence-electron chi connectivity index (χ1n) is 6.51. The van der Waals surface area contributed by atoms with Crippen molar-refractivity contribution in [2.75, 3.05) is 21.3 Å². The average Bonchev–Trinajstić information content (AvgIpc) is 2.42. The van der Waals surface area contributed by atoms with E-state index in [1.807, 2.05) is 0 Å². The lowest BCUT2D eigenvalue weighted by Gasteiger charge is -2.19. The summed E-state index contributed by atoms with van der Waals surface area (Å²) in [5.41, 5.74) is 1.26. The van der Waals surface area contributed by atoms with Gasteiger partial charge in [0.2, 0.25) is 5.75 Å². The zero-order valence-electron chi connectivity index (χ0n) is 12.1. The van der Waals surface area contributed by atoms with Gasteiger partial charge in [-0.05, 0) is 36.5 Å². The van der Waals surface area contributed by atoms with Crippen molar-refractivity contribution in [2.45, 2.75) is 39.0 Å². The number of hydrogen-bond donors (Lipinski definition) is 0. The van der Waals surface area contributed by atoms with Crippen molar-refractivity contribution in [3.05, 3.63) is 17.7 Å². The summed E-state index contributed by atoms with van der Waals surface area (Å²) in [6.45, 7) is 4.42. The first kappa shape index (κ1) is 14.7. The topological polar surface area (TPSA) is 27.7 Å². The minimum absolute atomic E-state index is 0.545. The molecule has 0 aromatic heterocycles. The van der Waals surface area contributed by atoms with Crippen LogP contribution in [0.25, 0.3) is 0 Å². The Morgan fingerprint density at radius 3 is 1.83 bits per heavy atom. The highest BCUT2D eigenvalue weighted by Gasteiger charge is 2.17. The Kier molecular flexibility index (Phi) is 5.83. The Hall–Kier alpha value is -1.38. The molecule has 0 saturated heterocycles. The lowest BCUT2D eigenvalue weighted by atomic mass is 9.91. The fraction of sp³-hybridized carbons (Fsp3) is 0.600. The van der Waals surface area contributed by atoms with Crippen LogP contribution in [0, 0.1) is 0 Å². The molecule has 3 nitrogen and oxygen atoms in total. The molecule has 102 valence electrons. The van der Waals surface area contributed by atoms with Gasteiger partial charge < -0.3 is 14.2 Å². The molecule has 3 heteroatoms. The maximum atomic E-state index is 5.39. The largest absolute Gasteiger partial charge is 0.493 e. The van der Waals surface area contributed by atoms with Gasteiger partial charge in [0.05, 0.1) is 21.3 Å². The molecule has 1 unspecified atom stereocenters. The minimum atomic E-state index is 0.545. The molecule has 0 spiro atoms. The van der Waals surface area contributed by atoms with Gasteiger partial charge in [-0.25, -0.2) is 0 Å². The molecule has 0 fully saturated rings. The van der Waals surface area contributed by atoms with Gasteiger partial charge in [0.15, 0.2) is 11.5 Å². The van der Waals surface area contributed by atoms with Crippen molar-refractivity contribution in [1.82, 2.24) is 0 Å². The number of rotatable bonds is 7. The summed E-state index contributed by atoms with van der Waals surface area (Å²) in [5, 5.41) is 0. The zero-order valence-corrected chi connectivity index (χ0v) is 12.1. The molecule has 1 aromatic carbocycles. The summed E-state index contributed by atoms with van der Waals surface area (Å²) in [6, 6.07) is 4.12. The van der Waals surface area contributed by atoms with Gasteiger partial charge in [-0.3, -0.25) is 0 Å². The number of hydrogen-bond acceptors (Lipinski definition) is 3. The van der Waals surface area contributed by atoms with E-state index in [4.69, 9.17) is 14.2 Å². The van der Waals surface area contributed by atoms with Crippen LogP contribution in [0.1, 0.15) is 44.6 Å². The van der Waals surface area contributed by atoms with Crippen LogP contribution in [0.3, 0.4) is 0 Å². The molecule has 1 atom stereocenters. The molecule has 0 aliphatic carbocycles. The van der Waals surface area contributed by atoms with Gasteiger partial charge >= 0.3 is 0 Å². The third-order valence-electron chi connectivity index (χ3n) is 3.29. The first-order valence-corrected chi connectivity index (χ1v) is 6.51. The summed E-state index contributed by atoms with van der Waals surface area (Å²) >= 11 is 0. The summed E-state index contributed by atoms with van der Waals surface area (Å²) < 4.78 is 16.1. The molecule has 0 radical (unpaired) electrons. The average molecular weight is 252 g/mol. The van der Waals surface area contributed by atoms with Gasteiger partial charge in [0.25, 0.3) is 0 Å². The lowest BCUT2D eigenvalue weighted by Crippen LogP contribution is -2.01. The molecule has 0 saturated carbocycles. The van der Waals surface area contributed by atoms with E-state index in [2.05, 4.69) is 26.0 Å². The quantitative estimate of drug-likeness (QED) is 0.734. The van der Waals surface area contributed by atoms with E-state index in [0.29, 0.717) is 11.7 Å². The predicted octanol–water partition coefficient (Wildman–Crippen LogP) is 4.01. The van der Waals surface area contributed by atoms with Gasteiger partial charge in [-0.15, -0.1) is 0 Å². The molecular weight excluding hydrogens is 228 g/mol. The molecule has 0 bridgehead atoms. The van der Waals surface area contributed by atoms with Crippen molar-refractivity contribution in [3.63, 3.8) is 0 Å². The molecule has 0 heterocycles. The Labute approximate surface area is 110 Å². The van der Waals surface area contributed by atoms with E-state index in [1.165, 1.54) is 18.4 Å². The van der Waals surface area contributed by atoms with Crippen LogP contribution in [0.15, 0.2) is 12.1 Å². The second-order valence-corrected chi connectivity index (χ2v) is 4.35. The Morgan fingerprint density at radius 2 is 1.50 bits per heavy atom. The highest BCUT2D eigenvalue weighted by molar-refractivity contribution is 5.54. The normalized spacial score (nSPS) is 12.1. The summed E-state index contributed by atoms with van der Waals surface area (Å²) in [7, 11) is 4.94. The van der Waals surface area contributed by atoms with Gasteiger partial charge in [-0.1, -0.05) is 20.3 Å². The molecule has 0 aliphatic heterocycles. The van der Waals surface area contributed by atoms with Crippen LogP contribution < -0.4 is 14.2 Å². The van der Waals surface area contributed by atoms with Gasteiger partial charge in [0.1, 0.15) is 0 Å². The van der Waals surface area contributed by atoms with Crippen molar-refractivity contribution in [3.8, 4) is 17.2 Å². The van der Waals surface area contributed by atoms with E-state index in [-0.39, 0.29) is 0 Å².